The van der Waals surface area contributed by atoms with E-state index in [0.717, 1.165) is 49.7 Å². The van der Waals surface area contributed by atoms with Gasteiger partial charge in [0.1, 0.15) is 41.0 Å². The summed E-state index contributed by atoms with van der Waals surface area (Å²) in [5.41, 5.74) is 8.38. The van der Waals surface area contributed by atoms with Crippen molar-refractivity contribution in [2.45, 2.75) is 18.9 Å². The van der Waals surface area contributed by atoms with E-state index in [1.807, 2.05) is 16.8 Å². The number of nitrogens with one attached hydrogen (secondary N) is 1. The predicted molar refractivity (Wildman–Crippen MR) is 113 cm³/mol. The molecule has 5 rings (SSSR count). The lowest BCUT2D eigenvalue weighted by atomic mass is 10.1. The van der Waals surface area contributed by atoms with Gasteiger partial charge in [-0.2, -0.15) is 5.10 Å². The predicted octanol–water partition coefficient (Wildman–Crippen LogP) is 4.07. The third kappa shape index (κ3) is 3.79. The van der Waals surface area contributed by atoms with Crippen LogP contribution in [0, 0.1) is 11.6 Å². The molecule has 3 N–H and O–H groups in total. The third-order valence-electron chi connectivity index (χ3n) is 5.33. The zero-order valence-corrected chi connectivity index (χ0v) is 16.6. The maximum atomic E-state index is 13.4. The molecule has 0 unspecified atom stereocenters. The maximum Gasteiger partial charge on any atom is 0.164 e. The Labute approximate surface area is 176 Å². The van der Waals surface area contributed by atoms with E-state index in [0.29, 0.717) is 28.3 Å². The summed E-state index contributed by atoms with van der Waals surface area (Å²) in [7, 11) is 0. The van der Waals surface area contributed by atoms with Crippen LogP contribution < -0.4 is 15.8 Å². The van der Waals surface area contributed by atoms with Gasteiger partial charge in [-0.05, 0) is 43.7 Å². The highest BCUT2D eigenvalue weighted by Gasteiger charge is 2.23. The summed E-state index contributed by atoms with van der Waals surface area (Å²) < 4.78 is 34.3. The Morgan fingerprint density at radius 2 is 1.81 bits per heavy atom. The van der Waals surface area contributed by atoms with Crippen LogP contribution >= 0.6 is 0 Å². The van der Waals surface area contributed by atoms with Gasteiger partial charge in [-0.3, -0.25) is 0 Å². The molecule has 1 aliphatic heterocycles. The van der Waals surface area contributed by atoms with Gasteiger partial charge in [-0.25, -0.2) is 23.4 Å². The minimum atomic E-state index is -0.698. The number of nitrogens with two attached hydrogens (primary N) is 1. The Bertz CT molecular complexity index is 1210. The SMILES string of the molecule is Nc1ncnc2c1c(-c1ccc(Oc3cc(F)cc(F)c3)cc1)nn2[C@@H]1CCCNC1. The van der Waals surface area contributed by atoms with Crippen LogP contribution in [-0.4, -0.2) is 32.8 Å². The molecule has 0 amide bonds. The normalized spacial score (nSPS) is 16.5. The molecule has 158 valence electrons. The van der Waals surface area contributed by atoms with Crippen LogP contribution in [0.5, 0.6) is 11.5 Å². The van der Waals surface area contributed by atoms with Crippen molar-refractivity contribution in [3.63, 3.8) is 0 Å². The first kappa shape index (κ1) is 19.4. The van der Waals surface area contributed by atoms with Crippen LogP contribution in [0.3, 0.4) is 0 Å². The Morgan fingerprint density at radius 1 is 1.03 bits per heavy atom. The molecule has 7 nitrogen and oxygen atoms in total. The van der Waals surface area contributed by atoms with Crippen molar-refractivity contribution in [2.75, 3.05) is 18.8 Å². The Kier molecular flexibility index (Phi) is 4.95. The Morgan fingerprint density at radius 3 is 2.52 bits per heavy atom. The van der Waals surface area contributed by atoms with Gasteiger partial charge in [0.05, 0.1) is 11.4 Å². The second-order valence-corrected chi connectivity index (χ2v) is 7.48. The van der Waals surface area contributed by atoms with Gasteiger partial charge >= 0.3 is 0 Å². The summed E-state index contributed by atoms with van der Waals surface area (Å²) in [6, 6.07) is 10.3. The van der Waals surface area contributed by atoms with E-state index in [4.69, 9.17) is 15.6 Å². The van der Waals surface area contributed by atoms with Crippen molar-refractivity contribution in [2.24, 2.45) is 0 Å². The molecule has 2 aromatic heterocycles. The number of nitrogens with zero attached hydrogens (tertiary/aromatic N) is 4. The first-order valence-electron chi connectivity index (χ1n) is 10.0. The fourth-order valence-corrected chi connectivity index (χ4v) is 3.90. The topological polar surface area (TPSA) is 90.9 Å². The number of nitrogen functional groups attached to an aromatic ring is 1. The van der Waals surface area contributed by atoms with Gasteiger partial charge in [0, 0.05) is 30.3 Å². The zero-order valence-electron chi connectivity index (χ0n) is 16.6. The fourth-order valence-electron chi connectivity index (χ4n) is 3.90. The van der Waals surface area contributed by atoms with Gasteiger partial charge in [-0.1, -0.05) is 0 Å². The molecule has 0 bridgehead atoms. The number of ether oxygens (including phenoxy) is 1. The lowest BCUT2D eigenvalue weighted by Crippen LogP contribution is -2.32. The molecule has 9 heteroatoms. The van der Waals surface area contributed by atoms with Crippen LogP contribution in [0.15, 0.2) is 48.8 Å². The molecule has 1 saturated heterocycles. The minimum Gasteiger partial charge on any atom is -0.457 e. The lowest BCUT2D eigenvalue weighted by Gasteiger charge is -2.23. The van der Waals surface area contributed by atoms with Crippen molar-refractivity contribution in [3.8, 4) is 22.8 Å². The Hall–Kier alpha value is -3.59. The minimum absolute atomic E-state index is 0.0856. The highest BCUT2D eigenvalue weighted by molar-refractivity contribution is 5.98. The van der Waals surface area contributed by atoms with E-state index in [1.165, 1.54) is 6.33 Å². The monoisotopic (exact) mass is 422 g/mol. The second kappa shape index (κ2) is 7.92. The molecule has 2 aromatic carbocycles. The molecule has 1 atom stereocenters. The highest BCUT2D eigenvalue weighted by atomic mass is 19.1. The van der Waals surface area contributed by atoms with E-state index in [2.05, 4.69) is 15.3 Å². The standard InChI is InChI=1S/C22H20F2N6O/c23-14-8-15(24)10-18(9-14)31-17-5-3-13(4-6-17)20-19-21(25)27-12-28-22(19)30(29-20)16-2-1-7-26-11-16/h3-6,8-10,12,16,26H,1-2,7,11H2,(H2,25,27,28)/t16-/m1/s1. The summed E-state index contributed by atoms with van der Waals surface area (Å²) in [5.74, 6) is -0.501. The molecule has 1 aliphatic rings. The number of aromatic nitrogens is 4. The number of hydrogen-bond donors (Lipinski definition) is 2. The summed E-state index contributed by atoms with van der Waals surface area (Å²) in [4.78, 5) is 8.58. The van der Waals surface area contributed by atoms with Crippen LogP contribution in [0.2, 0.25) is 0 Å². The van der Waals surface area contributed by atoms with Crippen LogP contribution in [0.4, 0.5) is 14.6 Å². The summed E-state index contributed by atoms with van der Waals surface area (Å²) in [6.07, 6.45) is 3.52. The summed E-state index contributed by atoms with van der Waals surface area (Å²) in [6.45, 7) is 1.81. The lowest BCUT2D eigenvalue weighted by molar-refractivity contribution is 0.354. The van der Waals surface area contributed by atoms with Crippen molar-refractivity contribution in [1.29, 1.82) is 0 Å². The second-order valence-electron chi connectivity index (χ2n) is 7.48. The molecule has 0 saturated carbocycles. The number of benzene rings is 2. The van der Waals surface area contributed by atoms with Gasteiger partial charge in [0.2, 0.25) is 0 Å². The van der Waals surface area contributed by atoms with Crippen LogP contribution in [0.25, 0.3) is 22.3 Å². The number of rotatable bonds is 4. The van der Waals surface area contributed by atoms with Crippen molar-refractivity contribution >= 4 is 16.9 Å². The van der Waals surface area contributed by atoms with Gasteiger partial charge < -0.3 is 15.8 Å². The van der Waals surface area contributed by atoms with Crippen LogP contribution in [0.1, 0.15) is 18.9 Å². The molecule has 0 radical (unpaired) electrons. The first-order valence-corrected chi connectivity index (χ1v) is 10.0. The number of piperidine rings is 1. The molecule has 0 aliphatic carbocycles. The van der Waals surface area contributed by atoms with E-state index in [9.17, 15) is 8.78 Å². The molecule has 0 spiro atoms. The largest absolute Gasteiger partial charge is 0.457 e. The first-order chi connectivity index (χ1) is 15.1. The number of halogens is 2. The third-order valence-corrected chi connectivity index (χ3v) is 5.33. The molecule has 31 heavy (non-hydrogen) atoms. The highest BCUT2D eigenvalue weighted by Crippen LogP contribution is 2.34. The molecular weight excluding hydrogens is 402 g/mol. The average molecular weight is 422 g/mol. The van der Waals surface area contributed by atoms with Crippen LogP contribution in [-0.2, 0) is 0 Å². The number of anilines is 1. The van der Waals surface area contributed by atoms with Crippen molar-refractivity contribution < 1.29 is 13.5 Å². The van der Waals surface area contributed by atoms with Gasteiger partial charge in [0.25, 0.3) is 0 Å². The quantitative estimate of drug-likeness (QED) is 0.515. The van der Waals surface area contributed by atoms with Crippen molar-refractivity contribution in [3.05, 3.63) is 60.4 Å². The van der Waals surface area contributed by atoms with E-state index >= 15 is 0 Å². The Balaban J connectivity index is 1.50. The zero-order chi connectivity index (χ0) is 21.4. The summed E-state index contributed by atoms with van der Waals surface area (Å²) in [5, 5.41) is 8.93. The van der Waals surface area contributed by atoms with Crippen molar-refractivity contribution in [1.82, 2.24) is 25.1 Å². The van der Waals surface area contributed by atoms with Gasteiger partial charge in [0.15, 0.2) is 5.65 Å². The number of fused-ring (bicyclic) bond motifs is 1. The van der Waals surface area contributed by atoms with E-state index in [1.54, 1.807) is 12.1 Å². The van der Waals surface area contributed by atoms with E-state index < -0.39 is 11.6 Å². The molecule has 3 heterocycles. The molecular formula is C22H20F2N6O. The molecule has 1 fully saturated rings. The maximum absolute atomic E-state index is 13.4. The smallest absolute Gasteiger partial charge is 0.164 e. The fraction of sp³-hybridized carbons (Fsp3) is 0.227. The summed E-state index contributed by atoms with van der Waals surface area (Å²) >= 11 is 0. The van der Waals surface area contributed by atoms with Gasteiger partial charge in [-0.15, -0.1) is 0 Å². The average Bonchev–Trinajstić information content (AvgIpc) is 3.15. The van der Waals surface area contributed by atoms with E-state index in [-0.39, 0.29) is 11.8 Å². The molecule has 4 aromatic rings. The number of hydrogen-bond acceptors (Lipinski definition) is 6.